The number of aromatic nitrogens is 1. The Hall–Kier alpha value is -1.41. The monoisotopic (exact) mass is 350 g/mol. The zero-order valence-electron chi connectivity index (χ0n) is 17.0. The first kappa shape index (κ1) is 15.6. The molecule has 3 unspecified atom stereocenters. The van der Waals surface area contributed by atoms with Crippen molar-refractivity contribution in [2.24, 2.45) is 28.6 Å². The average molecular weight is 351 g/mol. The molecule has 0 amide bonds. The lowest BCUT2D eigenvalue weighted by atomic mass is 9.47. The molecule has 2 fully saturated rings. The molecule has 0 radical (unpaired) electrons. The number of pyridine rings is 1. The summed E-state index contributed by atoms with van der Waals surface area (Å²) in [5.74, 6) is 2.20. The van der Waals surface area contributed by atoms with Crippen molar-refractivity contribution in [3.63, 3.8) is 0 Å². The maximum Gasteiger partial charge on any atom is 0.0639 e. The smallest absolute Gasteiger partial charge is 0.0639 e. The molecule has 4 aliphatic carbocycles. The number of hydrogen-bond donors (Lipinski definition) is 1. The van der Waals surface area contributed by atoms with Gasteiger partial charge >= 0.3 is 0 Å². The highest BCUT2D eigenvalue weighted by Gasteiger charge is 2.56. The van der Waals surface area contributed by atoms with E-state index in [4.69, 9.17) is 1.37 Å². The molecule has 5 rings (SSSR count). The molecule has 138 valence electrons. The van der Waals surface area contributed by atoms with Gasteiger partial charge in [-0.15, -0.1) is 0 Å². The molecular formula is C24H31NO. The molecule has 1 N–H and O–H groups in total. The zero-order valence-corrected chi connectivity index (χ0v) is 16.0. The Morgan fingerprint density at radius 2 is 1.96 bits per heavy atom. The summed E-state index contributed by atoms with van der Waals surface area (Å²) >= 11 is 0. The van der Waals surface area contributed by atoms with Crippen LogP contribution >= 0.6 is 0 Å². The molecule has 4 aliphatic rings. The molecule has 0 aliphatic heterocycles. The largest absolute Gasteiger partial charge is 0.393 e. The molecule has 0 aromatic carbocycles. The highest BCUT2D eigenvalue weighted by molar-refractivity contribution is 5.72. The maximum atomic E-state index is 10.2. The quantitative estimate of drug-likeness (QED) is 0.688. The van der Waals surface area contributed by atoms with Crippen LogP contribution in [0.15, 0.2) is 42.2 Å². The summed E-state index contributed by atoms with van der Waals surface area (Å²) in [5.41, 5.74) is 4.65. The lowest BCUT2D eigenvalue weighted by Gasteiger charge is -2.57. The first-order valence-electron chi connectivity index (χ1n) is 10.9. The summed E-state index contributed by atoms with van der Waals surface area (Å²) < 4.78 is 7.97. The van der Waals surface area contributed by atoms with Crippen molar-refractivity contribution < 1.29 is 6.48 Å². The second-order valence-corrected chi connectivity index (χ2v) is 9.64. The van der Waals surface area contributed by atoms with Gasteiger partial charge in [-0.05, 0) is 90.7 Å². The summed E-state index contributed by atoms with van der Waals surface area (Å²) in [6.45, 7) is 4.95. The Balaban J connectivity index is 1.48. The van der Waals surface area contributed by atoms with E-state index in [0.29, 0.717) is 17.4 Å². The Kier molecular flexibility index (Phi) is 3.48. The standard InChI is InChI=1S/C24H31NO/c1-23-11-9-18(26)14-17(23)5-6-19-21-8-7-20(16-4-3-13-25-15-16)24(21,2)12-10-22(19)23/h3-5,7,13,15,18-19,21-22,26H,6,8-12,14H2,1-2H3/t18-,19?,21?,22?,23-,24+/m0/s1/i3D. The van der Waals surface area contributed by atoms with Gasteiger partial charge < -0.3 is 5.11 Å². The van der Waals surface area contributed by atoms with Gasteiger partial charge in [-0.2, -0.15) is 0 Å². The van der Waals surface area contributed by atoms with Gasteiger partial charge in [0, 0.05) is 12.4 Å². The first-order chi connectivity index (χ1) is 12.9. The third kappa shape index (κ3) is 2.24. The fourth-order valence-electron chi connectivity index (χ4n) is 7.13. The second kappa shape index (κ2) is 5.79. The third-order valence-corrected chi connectivity index (χ3v) is 8.57. The summed E-state index contributed by atoms with van der Waals surface area (Å²) in [5, 5.41) is 10.2. The highest BCUT2D eigenvalue weighted by Crippen LogP contribution is 2.66. The van der Waals surface area contributed by atoms with Gasteiger partial charge in [0.15, 0.2) is 0 Å². The minimum absolute atomic E-state index is 0.126. The average Bonchev–Trinajstić information content (AvgIpc) is 2.99. The molecule has 26 heavy (non-hydrogen) atoms. The van der Waals surface area contributed by atoms with Crippen LogP contribution in [0, 0.1) is 28.6 Å². The molecule has 0 saturated heterocycles. The van der Waals surface area contributed by atoms with Crippen molar-refractivity contribution in [3.8, 4) is 0 Å². The van der Waals surface area contributed by atoms with E-state index in [1.165, 1.54) is 24.8 Å². The van der Waals surface area contributed by atoms with E-state index in [1.54, 1.807) is 11.8 Å². The number of aliphatic hydroxyl groups excluding tert-OH is 1. The van der Waals surface area contributed by atoms with E-state index in [2.05, 4.69) is 31.0 Å². The second-order valence-electron chi connectivity index (χ2n) is 9.64. The topological polar surface area (TPSA) is 33.1 Å². The number of nitrogens with zero attached hydrogens (tertiary/aromatic N) is 1. The molecule has 6 atom stereocenters. The number of fused-ring (bicyclic) bond motifs is 5. The minimum Gasteiger partial charge on any atom is -0.393 e. The van der Waals surface area contributed by atoms with E-state index >= 15 is 0 Å². The SMILES string of the molecule is [2H]c1cncc(C2=CCC3C4CC=C5C[C@@H](O)CC[C@]5(C)C4CC[C@]23C)c1. The fraction of sp³-hybridized carbons (Fsp3) is 0.625. The molecule has 2 heteroatoms. The minimum atomic E-state index is -0.126. The Morgan fingerprint density at radius 3 is 2.81 bits per heavy atom. The fourth-order valence-corrected chi connectivity index (χ4v) is 7.13. The number of aliphatic hydroxyl groups is 1. The predicted molar refractivity (Wildman–Crippen MR) is 105 cm³/mol. The van der Waals surface area contributed by atoms with Crippen molar-refractivity contribution in [1.29, 1.82) is 0 Å². The first-order valence-corrected chi connectivity index (χ1v) is 10.4. The van der Waals surface area contributed by atoms with Gasteiger partial charge in [0.05, 0.1) is 7.47 Å². The Labute approximate surface area is 158 Å². The van der Waals surface area contributed by atoms with Crippen LogP contribution in [0.1, 0.15) is 65.7 Å². The van der Waals surface area contributed by atoms with Gasteiger partial charge in [-0.25, -0.2) is 0 Å². The number of allylic oxidation sites excluding steroid dienone is 3. The zero-order chi connectivity index (χ0) is 18.8. The van der Waals surface area contributed by atoms with Crippen LogP contribution in [0.4, 0.5) is 0 Å². The predicted octanol–water partition coefficient (Wildman–Crippen LogP) is 5.40. The van der Waals surface area contributed by atoms with E-state index in [0.717, 1.165) is 43.1 Å². The summed E-state index contributed by atoms with van der Waals surface area (Å²) in [4.78, 5) is 4.29. The summed E-state index contributed by atoms with van der Waals surface area (Å²) in [7, 11) is 0. The highest BCUT2D eigenvalue weighted by atomic mass is 16.3. The van der Waals surface area contributed by atoms with Crippen LogP contribution in [0.25, 0.3) is 5.57 Å². The lowest BCUT2D eigenvalue weighted by molar-refractivity contribution is -0.0238. The molecule has 0 spiro atoms. The van der Waals surface area contributed by atoms with Crippen LogP contribution < -0.4 is 0 Å². The van der Waals surface area contributed by atoms with E-state index in [-0.39, 0.29) is 11.5 Å². The molecule has 1 aromatic heterocycles. The number of rotatable bonds is 1. The number of hydrogen-bond acceptors (Lipinski definition) is 2. The molecular weight excluding hydrogens is 318 g/mol. The maximum absolute atomic E-state index is 10.2. The van der Waals surface area contributed by atoms with E-state index in [9.17, 15) is 5.11 Å². The van der Waals surface area contributed by atoms with Crippen LogP contribution in [0.2, 0.25) is 0 Å². The Bertz CT molecular complexity index is 829. The molecule has 2 nitrogen and oxygen atoms in total. The van der Waals surface area contributed by atoms with Gasteiger partial charge in [0.1, 0.15) is 0 Å². The Morgan fingerprint density at radius 1 is 1.12 bits per heavy atom. The van der Waals surface area contributed by atoms with Crippen LogP contribution in [-0.4, -0.2) is 16.2 Å². The molecule has 2 saturated carbocycles. The van der Waals surface area contributed by atoms with E-state index < -0.39 is 0 Å². The van der Waals surface area contributed by atoms with Crippen molar-refractivity contribution in [2.45, 2.75) is 64.9 Å². The molecule has 1 aromatic rings. The molecule has 0 bridgehead atoms. The third-order valence-electron chi connectivity index (χ3n) is 8.57. The van der Waals surface area contributed by atoms with E-state index in [1.807, 2.05) is 12.3 Å². The van der Waals surface area contributed by atoms with Gasteiger partial charge in [-0.3, -0.25) is 4.98 Å². The summed E-state index contributed by atoms with van der Waals surface area (Å²) in [6.07, 6.45) is 16.3. The van der Waals surface area contributed by atoms with Crippen LogP contribution in [0.3, 0.4) is 0 Å². The van der Waals surface area contributed by atoms with Crippen molar-refractivity contribution in [2.75, 3.05) is 0 Å². The van der Waals surface area contributed by atoms with Crippen molar-refractivity contribution in [3.05, 3.63) is 47.8 Å². The molecule has 1 heterocycles. The van der Waals surface area contributed by atoms with Gasteiger partial charge in [0.2, 0.25) is 0 Å². The normalized spacial score (nSPS) is 45.0. The van der Waals surface area contributed by atoms with Crippen LogP contribution in [0.5, 0.6) is 0 Å². The summed E-state index contributed by atoms with van der Waals surface area (Å²) in [6, 6.07) is 2.49. The van der Waals surface area contributed by atoms with Gasteiger partial charge in [-0.1, -0.05) is 37.6 Å². The lowest BCUT2D eigenvalue weighted by Crippen LogP contribution is -2.49. The van der Waals surface area contributed by atoms with Gasteiger partial charge in [0.25, 0.3) is 0 Å². The van der Waals surface area contributed by atoms with Crippen LogP contribution in [-0.2, 0) is 0 Å². The van der Waals surface area contributed by atoms with Crippen molar-refractivity contribution >= 4 is 5.57 Å². The van der Waals surface area contributed by atoms with Crippen molar-refractivity contribution in [1.82, 2.24) is 4.98 Å².